The molecule has 0 aliphatic carbocycles. The average Bonchev–Trinajstić information content (AvgIpc) is 2.30. The lowest BCUT2D eigenvalue weighted by molar-refractivity contribution is 0.136. The van der Waals surface area contributed by atoms with Crippen LogP contribution in [0.15, 0.2) is 24.3 Å². The molecule has 0 saturated heterocycles. The third kappa shape index (κ3) is 4.21. The molecule has 0 spiro atoms. The van der Waals surface area contributed by atoms with Crippen LogP contribution in [0.3, 0.4) is 0 Å². The second-order valence-corrected chi connectivity index (χ2v) is 3.66. The fraction of sp³-hybridized carbons (Fsp3) is 0.538. The summed E-state index contributed by atoms with van der Waals surface area (Å²) >= 11 is 0. The van der Waals surface area contributed by atoms with Gasteiger partial charge in [0, 0.05) is 13.7 Å². The first kappa shape index (κ1) is 13.0. The van der Waals surface area contributed by atoms with E-state index < -0.39 is 6.10 Å². The Labute approximate surface area is 97.0 Å². The highest BCUT2D eigenvalue weighted by Crippen LogP contribution is 2.22. The van der Waals surface area contributed by atoms with Crippen LogP contribution in [0.2, 0.25) is 0 Å². The molecule has 0 aliphatic heterocycles. The summed E-state index contributed by atoms with van der Waals surface area (Å²) in [6.45, 7) is 3.27. The zero-order valence-electron chi connectivity index (χ0n) is 9.98. The second kappa shape index (κ2) is 7.25. The fourth-order valence-electron chi connectivity index (χ4n) is 1.57. The van der Waals surface area contributed by atoms with Crippen LogP contribution < -0.4 is 4.74 Å². The molecule has 3 nitrogen and oxygen atoms in total. The van der Waals surface area contributed by atoms with Gasteiger partial charge in [-0.1, -0.05) is 12.1 Å². The Balaban J connectivity index is 2.53. The van der Waals surface area contributed by atoms with Crippen molar-refractivity contribution in [3.63, 3.8) is 0 Å². The Hall–Kier alpha value is -1.06. The van der Waals surface area contributed by atoms with Crippen molar-refractivity contribution in [3.05, 3.63) is 29.8 Å². The Morgan fingerprint density at radius 1 is 1.38 bits per heavy atom. The SMILES string of the molecule is CCOc1cccc(C(O)CCCOC)c1. The largest absolute Gasteiger partial charge is 0.494 e. The molecule has 0 amide bonds. The van der Waals surface area contributed by atoms with Crippen LogP contribution >= 0.6 is 0 Å². The lowest BCUT2D eigenvalue weighted by Gasteiger charge is -2.12. The van der Waals surface area contributed by atoms with Gasteiger partial charge >= 0.3 is 0 Å². The molecule has 3 heteroatoms. The minimum atomic E-state index is -0.435. The fourth-order valence-corrected chi connectivity index (χ4v) is 1.57. The van der Waals surface area contributed by atoms with Crippen molar-refractivity contribution in [1.29, 1.82) is 0 Å². The lowest BCUT2D eigenvalue weighted by Crippen LogP contribution is -2.00. The number of benzene rings is 1. The smallest absolute Gasteiger partial charge is 0.119 e. The predicted octanol–water partition coefficient (Wildman–Crippen LogP) is 2.55. The summed E-state index contributed by atoms with van der Waals surface area (Å²) in [5.41, 5.74) is 0.905. The van der Waals surface area contributed by atoms with E-state index in [1.54, 1.807) is 7.11 Å². The number of aliphatic hydroxyl groups excluding tert-OH is 1. The van der Waals surface area contributed by atoms with E-state index in [1.165, 1.54) is 0 Å². The standard InChI is InChI=1S/C13H20O3/c1-3-16-12-7-4-6-11(10-12)13(14)8-5-9-15-2/h4,6-7,10,13-14H,3,5,8-9H2,1-2H3. The minimum Gasteiger partial charge on any atom is -0.494 e. The van der Waals surface area contributed by atoms with Crippen LogP contribution in [0, 0.1) is 0 Å². The molecule has 1 unspecified atom stereocenters. The molecule has 0 radical (unpaired) electrons. The van der Waals surface area contributed by atoms with Gasteiger partial charge in [-0.25, -0.2) is 0 Å². The number of hydrogen-bond acceptors (Lipinski definition) is 3. The first-order valence-electron chi connectivity index (χ1n) is 5.67. The first-order valence-corrected chi connectivity index (χ1v) is 5.67. The maximum absolute atomic E-state index is 9.93. The van der Waals surface area contributed by atoms with Crippen LogP contribution in [0.1, 0.15) is 31.4 Å². The zero-order valence-corrected chi connectivity index (χ0v) is 9.98. The Bertz CT molecular complexity index is 299. The summed E-state index contributed by atoms with van der Waals surface area (Å²) in [4.78, 5) is 0. The predicted molar refractivity (Wildman–Crippen MR) is 63.7 cm³/mol. The highest BCUT2D eigenvalue weighted by molar-refractivity contribution is 5.29. The number of ether oxygens (including phenoxy) is 2. The van der Waals surface area contributed by atoms with Crippen molar-refractivity contribution >= 4 is 0 Å². The summed E-state index contributed by atoms with van der Waals surface area (Å²) in [5.74, 6) is 0.811. The quantitative estimate of drug-likeness (QED) is 0.723. The average molecular weight is 224 g/mol. The van der Waals surface area contributed by atoms with Crippen LogP contribution in [-0.2, 0) is 4.74 Å². The molecule has 0 fully saturated rings. The summed E-state index contributed by atoms with van der Waals surface area (Å²) in [5, 5.41) is 9.93. The molecule has 0 aliphatic rings. The van der Waals surface area contributed by atoms with E-state index in [9.17, 15) is 5.11 Å². The summed E-state index contributed by atoms with van der Waals surface area (Å²) in [6, 6.07) is 7.61. The van der Waals surface area contributed by atoms with E-state index in [0.717, 1.165) is 17.7 Å². The summed E-state index contributed by atoms with van der Waals surface area (Å²) < 4.78 is 10.3. The monoisotopic (exact) mass is 224 g/mol. The molecule has 1 aromatic carbocycles. The molecular weight excluding hydrogens is 204 g/mol. The van der Waals surface area contributed by atoms with Crippen molar-refractivity contribution < 1.29 is 14.6 Å². The van der Waals surface area contributed by atoms with E-state index >= 15 is 0 Å². The maximum atomic E-state index is 9.93. The Morgan fingerprint density at radius 2 is 2.19 bits per heavy atom. The van der Waals surface area contributed by atoms with E-state index in [4.69, 9.17) is 9.47 Å². The molecule has 0 heterocycles. The maximum Gasteiger partial charge on any atom is 0.119 e. The van der Waals surface area contributed by atoms with E-state index in [0.29, 0.717) is 19.6 Å². The van der Waals surface area contributed by atoms with E-state index in [-0.39, 0.29) is 0 Å². The molecule has 90 valence electrons. The molecule has 0 bridgehead atoms. The van der Waals surface area contributed by atoms with Crippen LogP contribution in [-0.4, -0.2) is 25.4 Å². The van der Waals surface area contributed by atoms with Crippen molar-refractivity contribution in [1.82, 2.24) is 0 Å². The molecule has 1 rings (SSSR count). The highest BCUT2D eigenvalue weighted by atomic mass is 16.5. The van der Waals surface area contributed by atoms with Gasteiger partial charge in [-0.3, -0.25) is 0 Å². The van der Waals surface area contributed by atoms with Gasteiger partial charge in [-0.15, -0.1) is 0 Å². The number of methoxy groups -OCH3 is 1. The summed E-state index contributed by atoms with van der Waals surface area (Å²) in [7, 11) is 1.67. The van der Waals surface area contributed by atoms with Crippen molar-refractivity contribution in [3.8, 4) is 5.75 Å². The van der Waals surface area contributed by atoms with Gasteiger partial charge in [0.05, 0.1) is 12.7 Å². The summed E-state index contributed by atoms with van der Waals surface area (Å²) in [6.07, 6.45) is 1.13. The van der Waals surface area contributed by atoms with E-state index in [2.05, 4.69) is 0 Å². The van der Waals surface area contributed by atoms with Crippen molar-refractivity contribution in [2.45, 2.75) is 25.9 Å². The van der Waals surface area contributed by atoms with Crippen LogP contribution in [0.25, 0.3) is 0 Å². The van der Waals surface area contributed by atoms with Gasteiger partial charge in [-0.2, -0.15) is 0 Å². The Morgan fingerprint density at radius 3 is 2.88 bits per heavy atom. The zero-order chi connectivity index (χ0) is 11.8. The minimum absolute atomic E-state index is 0.435. The van der Waals surface area contributed by atoms with Gasteiger partial charge in [0.1, 0.15) is 5.75 Å². The molecule has 1 aromatic rings. The molecule has 1 N–H and O–H groups in total. The van der Waals surface area contributed by atoms with Crippen molar-refractivity contribution in [2.75, 3.05) is 20.3 Å². The first-order chi connectivity index (χ1) is 7.77. The Kier molecular flexibility index (Phi) is 5.90. The van der Waals surface area contributed by atoms with Gasteiger partial charge < -0.3 is 14.6 Å². The van der Waals surface area contributed by atoms with Crippen LogP contribution in [0.4, 0.5) is 0 Å². The van der Waals surface area contributed by atoms with Crippen LogP contribution in [0.5, 0.6) is 5.75 Å². The highest BCUT2D eigenvalue weighted by Gasteiger charge is 2.07. The van der Waals surface area contributed by atoms with Gasteiger partial charge in [0.2, 0.25) is 0 Å². The van der Waals surface area contributed by atoms with E-state index in [1.807, 2.05) is 31.2 Å². The van der Waals surface area contributed by atoms with Crippen molar-refractivity contribution in [2.24, 2.45) is 0 Å². The number of hydrogen-bond donors (Lipinski definition) is 1. The van der Waals surface area contributed by atoms with Gasteiger partial charge in [-0.05, 0) is 37.5 Å². The number of aliphatic hydroxyl groups is 1. The molecule has 1 atom stereocenters. The third-order valence-corrected chi connectivity index (χ3v) is 2.38. The third-order valence-electron chi connectivity index (χ3n) is 2.38. The normalized spacial score (nSPS) is 12.4. The lowest BCUT2D eigenvalue weighted by atomic mass is 10.1. The van der Waals surface area contributed by atoms with Gasteiger partial charge in [0.15, 0.2) is 0 Å². The molecule has 0 saturated carbocycles. The number of rotatable bonds is 7. The molecular formula is C13H20O3. The molecule has 16 heavy (non-hydrogen) atoms. The second-order valence-electron chi connectivity index (χ2n) is 3.66. The molecule has 0 aromatic heterocycles. The van der Waals surface area contributed by atoms with Gasteiger partial charge in [0.25, 0.3) is 0 Å². The topological polar surface area (TPSA) is 38.7 Å².